The number of rotatable bonds is 3. The number of benzene rings is 1. The van der Waals surface area contributed by atoms with Crippen LogP contribution in [0.4, 0.5) is 4.39 Å². The van der Waals surface area contributed by atoms with Gasteiger partial charge in [-0.05, 0) is 42.0 Å². The molecular formula is C18H16FN3O3S. The number of sulfonamides is 1. The van der Waals surface area contributed by atoms with Gasteiger partial charge in [-0.2, -0.15) is 4.31 Å². The van der Waals surface area contributed by atoms with E-state index in [9.17, 15) is 12.8 Å². The number of hydrogen-bond acceptors (Lipinski definition) is 5. The quantitative estimate of drug-likeness (QED) is 0.705. The molecule has 134 valence electrons. The summed E-state index contributed by atoms with van der Waals surface area (Å²) in [5.41, 5.74) is 2.35. The molecule has 1 aromatic carbocycles. The molecule has 0 fully saturated rings. The molecule has 3 aromatic rings. The van der Waals surface area contributed by atoms with Crippen molar-refractivity contribution in [3.63, 3.8) is 0 Å². The Bertz CT molecular complexity index is 1100. The van der Waals surface area contributed by atoms with Crippen molar-refractivity contribution in [1.29, 1.82) is 0 Å². The summed E-state index contributed by atoms with van der Waals surface area (Å²) in [4.78, 5) is 8.68. The predicted octanol–water partition coefficient (Wildman–Crippen LogP) is 2.52. The van der Waals surface area contributed by atoms with E-state index in [4.69, 9.17) is 4.74 Å². The topological polar surface area (TPSA) is 72.4 Å². The summed E-state index contributed by atoms with van der Waals surface area (Å²) < 4.78 is 45.9. The maximum atomic E-state index is 13.9. The van der Waals surface area contributed by atoms with Gasteiger partial charge in [-0.15, -0.1) is 0 Å². The van der Waals surface area contributed by atoms with Crippen molar-refractivity contribution in [2.24, 2.45) is 0 Å². The molecule has 8 heteroatoms. The fourth-order valence-electron chi connectivity index (χ4n) is 3.10. The van der Waals surface area contributed by atoms with Crippen molar-refractivity contribution in [3.8, 4) is 5.75 Å². The summed E-state index contributed by atoms with van der Waals surface area (Å²) in [6.45, 7) is 0.484. The van der Waals surface area contributed by atoms with Gasteiger partial charge in [0.2, 0.25) is 10.0 Å². The van der Waals surface area contributed by atoms with E-state index in [1.54, 1.807) is 6.20 Å². The maximum Gasteiger partial charge on any atom is 0.243 e. The van der Waals surface area contributed by atoms with Crippen LogP contribution in [0.5, 0.6) is 5.75 Å². The van der Waals surface area contributed by atoms with Gasteiger partial charge in [0.25, 0.3) is 0 Å². The number of nitrogens with zero attached hydrogens (tertiary/aromatic N) is 3. The van der Waals surface area contributed by atoms with Gasteiger partial charge in [-0.25, -0.2) is 22.8 Å². The molecule has 0 aliphatic carbocycles. The first-order valence-corrected chi connectivity index (χ1v) is 9.50. The Morgan fingerprint density at radius 2 is 2.08 bits per heavy atom. The van der Waals surface area contributed by atoms with Gasteiger partial charge >= 0.3 is 0 Å². The maximum absolute atomic E-state index is 13.9. The van der Waals surface area contributed by atoms with E-state index in [-0.39, 0.29) is 23.7 Å². The van der Waals surface area contributed by atoms with Gasteiger partial charge < -0.3 is 4.74 Å². The van der Waals surface area contributed by atoms with Crippen LogP contribution in [0.25, 0.3) is 11.0 Å². The first-order valence-electron chi connectivity index (χ1n) is 8.06. The van der Waals surface area contributed by atoms with Crippen LogP contribution in [0, 0.1) is 5.82 Å². The lowest BCUT2D eigenvalue weighted by molar-refractivity contribution is 0.381. The van der Waals surface area contributed by atoms with Crippen LogP contribution in [0.1, 0.15) is 11.3 Å². The fraction of sp³-hybridized carbons (Fsp3) is 0.222. The van der Waals surface area contributed by atoms with Crippen molar-refractivity contribution < 1.29 is 17.5 Å². The Balaban J connectivity index is 1.69. The lowest BCUT2D eigenvalue weighted by Crippen LogP contribution is -2.36. The highest BCUT2D eigenvalue weighted by Crippen LogP contribution is 2.28. The molecule has 0 atom stereocenters. The molecular weight excluding hydrogens is 357 g/mol. The van der Waals surface area contributed by atoms with E-state index in [0.29, 0.717) is 12.1 Å². The van der Waals surface area contributed by atoms with Crippen LogP contribution in [0.3, 0.4) is 0 Å². The molecule has 0 bridgehead atoms. The van der Waals surface area contributed by atoms with Crippen molar-refractivity contribution in [1.82, 2.24) is 14.3 Å². The fourth-order valence-corrected chi connectivity index (χ4v) is 4.53. The van der Waals surface area contributed by atoms with E-state index in [1.807, 2.05) is 18.2 Å². The number of methoxy groups -OCH3 is 1. The molecule has 1 aliphatic heterocycles. The van der Waals surface area contributed by atoms with E-state index in [0.717, 1.165) is 22.7 Å². The van der Waals surface area contributed by atoms with E-state index in [1.165, 1.54) is 23.5 Å². The number of halogens is 1. The zero-order valence-electron chi connectivity index (χ0n) is 14.0. The van der Waals surface area contributed by atoms with Crippen molar-refractivity contribution >= 4 is 21.1 Å². The second kappa shape index (κ2) is 6.30. The Morgan fingerprint density at radius 3 is 2.85 bits per heavy atom. The monoisotopic (exact) mass is 373 g/mol. The zero-order chi connectivity index (χ0) is 18.3. The summed E-state index contributed by atoms with van der Waals surface area (Å²) in [6, 6.07) is 9.29. The normalized spacial score (nSPS) is 15.0. The van der Waals surface area contributed by atoms with Crippen molar-refractivity contribution in [2.45, 2.75) is 17.9 Å². The standard InChI is InChI=1S/C18H16FN3O3S/c1-25-17-5-4-14(10-15(17)19)26(23,24)22-8-6-16-13(11-22)9-12-3-2-7-20-18(12)21-16/h2-5,7,9-10H,6,8,11H2,1H3. The Kier molecular flexibility index (Phi) is 4.08. The zero-order valence-corrected chi connectivity index (χ0v) is 14.8. The van der Waals surface area contributed by atoms with Crippen LogP contribution < -0.4 is 4.74 Å². The molecule has 0 saturated heterocycles. The summed E-state index contributed by atoms with van der Waals surface area (Å²) in [5, 5.41) is 0.862. The predicted molar refractivity (Wildman–Crippen MR) is 93.8 cm³/mol. The van der Waals surface area contributed by atoms with Gasteiger partial charge in [0, 0.05) is 36.8 Å². The average molecular weight is 373 g/mol. The average Bonchev–Trinajstić information content (AvgIpc) is 2.65. The third-order valence-electron chi connectivity index (χ3n) is 4.46. The van der Waals surface area contributed by atoms with Crippen LogP contribution >= 0.6 is 0 Å². The second-order valence-electron chi connectivity index (χ2n) is 6.03. The number of ether oxygens (including phenoxy) is 1. The molecule has 4 rings (SSSR count). The largest absolute Gasteiger partial charge is 0.494 e. The number of aromatic nitrogens is 2. The summed E-state index contributed by atoms with van der Waals surface area (Å²) in [6.07, 6.45) is 2.17. The summed E-state index contributed by atoms with van der Waals surface area (Å²) in [5.74, 6) is -0.694. The van der Waals surface area contributed by atoms with E-state index in [2.05, 4.69) is 9.97 Å². The van der Waals surface area contributed by atoms with Crippen LogP contribution in [-0.4, -0.2) is 36.3 Å². The van der Waals surface area contributed by atoms with Gasteiger partial charge in [0.15, 0.2) is 17.2 Å². The van der Waals surface area contributed by atoms with Crippen LogP contribution in [0.15, 0.2) is 47.5 Å². The number of fused-ring (bicyclic) bond motifs is 2. The molecule has 3 heterocycles. The molecule has 0 saturated carbocycles. The first-order chi connectivity index (χ1) is 12.5. The SMILES string of the molecule is COc1ccc(S(=O)(=O)N2CCc3nc4ncccc4cc3C2)cc1F. The van der Waals surface area contributed by atoms with E-state index >= 15 is 0 Å². The highest BCUT2D eigenvalue weighted by atomic mass is 32.2. The van der Waals surface area contributed by atoms with Crippen molar-refractivity contribution in [3.05, 3.63) is 59.7 Å². The minimum Gasteiger partial charge on any atom is -0.494 e. The van der Waals surface area contributed by atoms with Crippen LogP contribution in [-0.2, 0) is 23.0 Å². The molecule has 0 unspecified atom stereocenters. The van der Waals surface area contributed by atoms with Gasteiger partial charge in [0.05, 0.1) is 12.0 Å². The number of pyridine rings is 2. The first kappa shape index (κ1) is 16.9. The molecule has 0 spiro atoms. The minimum atomic E-state index is -3.81. The molecule has 0 radical (unpaired) electrons. The van der Waals surface area contributed by atoms with Crippen molar-refractivity contribution in [2.75, 3.05) is 13.7 Å². The molecule has 1 aliphatic rings. The number of hydrogen-bond donors (Lipinski definition) is 0. The third kappa shape index (κ3) is 2.81. The molecule has 0 amide bonds. The van der Waals surface area contributed by atoms with Gasteiger partial charge in [-0.3, -0.25) is 0 Å². The Morgan fingerprint density at radius 1 is 1.23 bits per heavy atom. The highest BCUT2D eigenvalue weighted by Gasteiger charge is 2.30. The molecule has 26 heavy (non-hydrogen) atoms. The van der Waals surface area contributed by atoms with Gasteiger partial charge in [-0.1, -0.05) is 0 Å². The van der Waals surface area contributed by atoms with Gasteiger partial charge in [0.1, 0.15) is 0 Å². The summed E-state index contributed by atoms with van der Waals surface area (Å²) >= 11 is 0. The second-order valence-corrected chi connectivity index (χ2v) is 7.97. The highest BCUT2D eigenvalue weighted by molar-refractivity contribution is 7.89. The Hall–Kier alpha value is -2.58. The molecule has 2 aromatic heterocycles. The smallest absolute Gasteiger partial charge is 0.243 e. The molecule has 0 N–H and O–H groups in total. The molecule has 6 nitrogen and oxygen atoms in total. The lowest BCUT2D eigenvalue weighted by Gasteiger charge is -2.27. The Labute approximate surface area is 150 Å². The minimum absolute atomic E-state index is 0.0103. The third-order valence-corrected chi connectivity index (χ3v) is 6.31. The lowest BCUT2D eigenvalue weighted by atomic mass is 10.1. The van der Waals surface area contributed by atoms with E-state index < -0.39 is 15.8 Å². The van der Waals surface area contributed by atoms with Crippen LogP contribution in [0.2, 0.25) is 0 Å². The summed E-state index contributed by atoms with van der Waals surface area (Å²) in [7, 11) is -2.48.